The first-order chi connectivity index (χ1) is 11.7. The van der Waals surface area contributed by atoms with Gasteiger partial charge in [0.25, 0.3) is 5.72 Å². The Labute approximate surface area is 144 Å². The van der Waals surface area contributed by atoms with Gasteiger partial charge in [0.1, 0.15) is 0 Å². The Morgan fingerprint density at radius 1 is 1.31 bits per heavy atom. The molecule has 0 radical (unpaired) electrons. The average molecular weight is 386 g/mol. The van der Waals surface area contributed by atoms with Crippen LogP contribution in [-0.4, -0.2) is 43.4 Å². The first kappa shape index (κ1) is 20.2. The van der Waals surface area contributed by atoms with Gasteiger partial charge in [-0.25, -0.2) is 0 Å². The Balaban J connectivity index is 2.24. The van der Waals surface area contributed by atoms with Crippen molar-refractivity contribution in [3.05, 3.63) is 17.5 Å². The molecule has 1 aromatic heterocycles. The van der Waals surface area contributed by atoms with E-state index in [4.69, 9.17) is 0 Å². The molecule has 146 valence electrons. The topological polar surface area (TPSA) is 70.7 Å². The van der Waals surface area contributed by atoms with E-state index in [1.807, 2.05) is 0 Å². The van der Waals surface area contributed by atoms with Crippen molar-refractivity contribution in [2.45, 2.75) is 51.8 Å². The van der Waals surface area contributed by atoms with Crippen molar-refractivity contribution in [3.8, 4) is 0 Å². The molecule has 0 aliphatic carbocycles. The second-order valence-electron chi connectivity index (χ2n) is 6.23. The fraction of sp³-hybridized carbons (Fsp3) is 0.643. The molecule has 2 rings (SSSR count). The van der Waals surface area contributed by atoms with Crippen molar-refractivity contribution >= 4 is 11.6 Å². The second kappa shape index (κ2) is 6.25. The van der Waals surface area contributed by atoms with E-state index in [9.17, 15) is 36.2 Å². The summed E-state index contributed by atoms with van der Waals surface area (Å²) in [6.45, 7) is 3.36. The normalized spacial score (nSPS) is 22.5. The van der Waals surface area contributed by atoms with Crippen molar-refractivity contribution < 1.29 is 36.2 Å². The molecule has 1 N–H and O–H groups in total. The molecule has 12 heteroatoms. The fourth-order valence-electron chi connectivity index (χ4n) is 2.55. The molecular weight excluding hydrogens is 370 g/mol. The average Bonchev–Trinajstić information content (AvgIpc) is 2.98. The van der Waals surface area contributed by atoms with Crippen LogP contribution in [0.3, 0.4) is 0 Å². The van der Waals surface area contributed by atoms with Gasteiger partial charge in [-0.15, -0.1) is 0 Å². The van der Waals surface area contributed by atoms with E-state index in [2.05, 4.69) is 10.2 Å². The molecule has 6 nitrogen and oxygen atoms in total. The van der Waals surface area contributed by atoms with Crippen LogP contribution >= 0.6 is 0 Å². The van der Waals surface area contributed by atoms with Crippen LogP contribution in [0, 0.1) is 12.8 Å². The number of hydrazone groups is 1. The van der Waals surface area contributed by atoms with E-state index < -0.39 is 48.6 Å². The number of aliphatic hydroxyl groups is 1. The number of hydrogen-bond donors (Lipinski definition) is 1. The third-order valence-corrected chi connectivity index (χ3v) is 3.93. The lowest BCUT2D eigenvalue weighted by Crippen LogP contribution is -2.57. The zero-order valence-corrected chi connectivity index (χ0v) is 14.0. The van der Waals surface area contributed by atoms with E-state index in [1.165, 1.54) is 20.8 Å². The number of nitrogens with zero attached hydrogens (tertiary/aromatic N) is 4. The number of aryl methyl sites for hydroxylation is 1. The molecule has 2 atom stereocenters. The van der Waals surface area contributed by atoms with Gasteiger partial charge in [0.05, 0.1) is 12.5 Å². The number of amides is 1. The quantitative estimate of drug-likeness (QED) is 0.812. The van der Waals surface area contributed by atoms with Gasteiger partial charge in [0.15, 0.2) is 5.69 Å². The molecular formula is C14H16F6N4O2. The van der Waals surface area contributed by atoms with Gasteiger partial charge in [-0.3, -0.25) is 9.48 Å². The minimum atomic E-state index is -5.14. The zero-order valence-electron chi connectivity index (χ0n) is 14.0. The highest BCUT2D eigenvalue weighted by atomic mass is 19.4. The number of aromatic nitrogens is 2. The van der Waals surface area contributed by atoms with Crippen LogP contribution in [0.5, 0.6) is 0 Å². The molecule has 0 unspecified atom stereocenters. The van der Waals surface area contributed by atoms with Gasteiger partial charge in [-0.05, 0) is 19.9 Å². The monoisotopic (exact) mass is 386 g/mol. The van der Waals surface area contributed by atoms with Gasteiger partial charge >= 0.3 is 12.4 Å². The lowest BCUT2D eigenvalue weighted by molar-refractivity contribution is -0.303. The molecule has 0 bridgehead atoms. The van der Waals surface area contributed by atoms with Crippen molar-refractivity contribution in [3.63, 3.8) is 0 Å². The molecule has 0 saturated heterocycles. The third kappa shape index (κ3) is 3.55. The predicted molar refractivity (Wildman–Crippen MR) is 76.7 cm³/mol. The maximum Gasteiger partial charge on any atom is 0.438 e. The number of halogens is 6. The van der Waals surface area contributed by atoms with Crippen molar-refractivity contribution in [2.24, 2.45) is 11.0 Å². The highest BCUT2D eigenvalue weighted by Crippen LogP contribution is 2.41. The summed E-state index contributed by atoms with van der Waals surface area (Å²) < 4.78 is 78.4. The van der Waals surface area contributed by atoms with E-state index in [0.29, 0.717) is 0 Å². The minimum Gasteiger partial charge on any atom is -0.362 e. The van der Waals surface area contributed by atoms with Crippen LogP contribution in [0.2, 0.25) is 0 Å². The third-order valence-electron chi connectivity index (χ3n) is 3.93. The Kier molecular flexibility index (Phi) is 4.86. The van der Waals surface area contributed by atoms with Gasteiger partial charge < -0.3 is 5.11 Å². The van der Waals surface area contributed by atoms with E-state index in [-0.39, 0.29) is 16.4 Å². The smallest absolute Gasteiger partial charge is 0.362 e. The van der Waals surface area contributed by atoms with Crippen LogP contribution in [0.4, 0.5) is 26.3 Å². The summed E-state index contributed by atoms with van der Waals surface area (Å²) in [6.07, 6.45) is -10.7. The molecule has 1 aromatic rings. The summed E-state index contributed by atoms with van der Waals surface area (Å²) in [5, 5.41) is 16.6. The van der Waals surface area contributed by atoms with Crippen molar-refractivity contribution in [1.29, 1.82) is 0 Å². The summed E-state index contributed by atoms with van der Waals surface area (Å²) in [6, 6.07) is 0.765. The standard InChI is InChI=1S/C14H16F6N4O2/c1-7(6-23-9(3)4-10(22-23)13(15,16)17)11(25)24-12(26,14(18,19)20)5-8(2)21-24/h4,7,26H,5-6H2,1-3H3/t7-,12+/m0/s1. The molecule has 1 aliphatic heterocycles. The summed E-state index contributed by atoms with van der Waals surface area (Å²) in [5.41, 5.74) is -4.65. The number of alkyl halides is 6. The van der Waals surface area contributed by atoms with Crippen LogP contribution < -0.4 is 0 Å². The maximum absolute atomic E-state index is 13.2. The molecule has 0 saturated carbocycles. The summed E-state index contributed by atoms with van der Waals surface area (Å²) in [4.78, 5) is 12.4. The number of carbonyl (C=O) groups excluding carboxylic acids is 1. The lowest BCUT2D eigenvalue weighted by atomic mass is 10.0. The Morgan fingerprint density at radius 2 is 1.88 bits per heavy atom. The van der Waals surface area contributed by atoms with Crippen molar-refractivity contribution in [1.82, 2.24) is 14.8 Å². The van der Waals surface area contributed by atoms with Crippen molar-refractivity contribution in [2.75, 3.05) is 0 Å². The van der Waals surface area contributed by atoms with Crippen LogP contribution in [0.1, 0.15) is 31.7 Å². The summed E-state index contributed by atoms with van der Waals surface area (Å²) in [5.74, 6) is -2.39. The molecule has 0 aromatic carbocycles. The molecule has 2 heterocycles. The zero-order chi connectivity index (χ0) is 20.1. The van der Waals surface area contributed by atoms with Crippen LogP contribution in [0.15, 0.2) is 11.2 Å². The van der Waals surface area contributed by atoms with Gasteiger partial charge in [-0.1, -0.05) is 6.92 Å². The lowest BCUT2D eigenvalue weighted by Gasteiger charge is -2.34. The Bertz CT molecular complexity index is 739. The fourth-order valence-corrected chi connectivity index (χ4v) is 2.55. The SMILES string of the molecule is CC1=NN(C(=O)[C@@H](C)Cn2nc(C(F)(F)F)cc2C)[C@](O)(C(F)(F)F)C1. The molecule has 0 spiro atoms. The number of rotatable bonds is 3. The first-order valence-electron chi connectivity index (χ1n) is 7.45. The van der Waals surface area contributed by atoms with Gasteiger partial charge in [0, 0.05) is 17.8 Å². The maximum atomic E-state index is 13.2. The Morgan fingerprint density at radius 3 is 2.35 bits per heavy atom. The highest BCUT2D eigenvalue weighted by Gasteiger charge is 2.63. The predicted octanol–water partition coefficient (Wildman–Crippen LogP) is 2.71. The molecule has 1 aliphatic rings. The van der Waals surface area contributed by atoms with E-state index in [1.54, 1.807) is 0 Å². The number of carbonyl (C=O) groups is 1. The van der Waals surface area contributed by atoms with Crippen LogP contribution in [-0.2, 0) is 17.5 Å². The van der Waals surface area contributed by atoms with Gasteiger partial charge in [0.2, 0.25) is 5.91 Å². The largest absolute Gasteiger partial charge is 0.438 e. The van der Waals surface area contributed by atoms with E-state index >= 15 is 0 Å². The summed E-state index contributed by atoms with van der Waals surface area (Å²) in [7, 11) is 0. The summed E-state index contributed by atoms with van der Waals surface area (Å²) >= 11 is 0. The molecule has 0 fully saturated rings. The number of hydrogen-bond acceptors (Lipinski definition) is 4. The minimum absolute atomic E-state index is 0.0451. The molecule has 1 amide bonds. The second-order valence-corrected chi connectivity index (χ2v) is 6.23. The Hall–Kier alpha value is -2.11. The van der Waals surface area contributed by atoms with Gasteiger partial charge in [-0.2, -0.15) is 41.6 Å². The molecule has 26 heavy (non-hydrogen) atoms. The van der Waals surface area contributed by atoms with Crippen LogP contribution in [0.25, 0.3) is 0 Å². The highest BCUT2D eigenvalue weighted by molar-refractivity contribution is 5.89. The van der Waals surface area contributed by atoms with E-state index in [0.717, 1.165) is 10.7 Å². The first-order valence-corrected chi connectivity index (χ1v) is 7.45.